The zero-order valence-corrected chi connectivity index (χ0v) is 18.7. The average molecular weight is 492 g/mol. The van der Waals surface area contributed by atoms with Crippen LogP contribution in [0.2, 0.25) is 0 Å². The van der Waals surface area contributed by atoms with Crippen LogP contribution in [0, 0.1) is 6.92 Å². The molecule has 0 spiro atoms. The van der Waals surface area contributed by atoms with E-state index in [-0.39, 0.29) is 24.5 Å². The zero-order chi connectivity index (χ0) is 24.3. The van der Waals surface area contributed by atoms with Crippen molar-refractivity contribution in [2.24, 2.45) is 0 Å². The number of piperazine rings is 1. The minimum absolute atomic E-state index is 0.00732. The van der Waals surface area contributed by atoms with Crippen molar-refractivity contribution in [2.45, 2.75) is 13.1 Å². The summed E-state index contributed by atoms with van der Waals surface area (Å²) >= 11 is 1.30. The Kier molecular flexibility index (Phi) is 6.63. The number of thiazole rings is 1. The van der Waals surface area contributed by atoms with E-state index in [9.17, 15) is 22.8 Å². The van der Waals surface area contributed by atoms with E-state index in [1.54, 1.807) is 12.3 Å². The number of amides is 2. The molecule has 1 N–H and O–H groups in total. The highest BCUT2D eigenvalue weighted by Gasteiger charge is 2.36. The van der Waals surface area contributed by atoms with Gasteiger partial charge in [0.2, 0.25) is 5.88 Å². The van der Waals surface area contributed by atoms with Gasteiger partial charge in [-0.05, 0) is 25.1 Å². The summed E-state index contributed by atoms with van der Waals surface area (Å²) in [5.41, 5.74) is -1.31. The molecule has 2 aromatic heterocycles. The van der Waals surface area contributed by atoms with Crippen molar-refractivity contribution in [3.8, 4) is 5.88 Å². The van der Waals surface area contributed by atoms with Crippen LogP contribution < -0.4 is 15.0 Å². The predicted octanol–water partition coefficient (Wildman–Crippen LogP) is 3.83. The van der Waals surface area contributed by atoms with Crippen LogP contribution >= 0.6 is 11.3 Å². The molecular weight excluding hydrogens is 473 g/mol. The van der Waals surface area contributed by atoms with Gasteiger partial charge in [0.1, 0.15) is 0 Å². The van der Waals surface area contributed by atoms with Gasteiger partial charge in [-0.25, -0.2) is 9.78 Å². The molecule has 3 aromatic rings. The lowest BCUT2D eigenvalue weighted by atomic mass is 10.1. The highest BCUT2D eigenvalue weighted by Crippen LogP contribution is 2.32. The molecule has 3 heterocycles. The van der Waals surface area contributed by atoms with Crippen molar-refractivity contribution in [3.05, 3.63) is 58.6 Å². The van der Waals surface area contributed by atoms with Crippen LogP contribution in [0.25, 0.3) is 0 Å². The lowest BCUT2D eigenvalue weighted by Crippen LogP contribution is -2.49. The molecule has 0 radical (unpaired) electrons. The summed E-state index contributed by atoms with van der Waals surface area (Å²) in [5, 5.41) is 10.8. The van der Waals surface area contributed by atoms with Gasteiger partial charge in [-0.1, -0.05) is 12.1 Å². The van der Waals surface area contributed by atoms with Gasteiger partial charge in [0.25, 0.3) is 5.91 Å². The number of carbonyl (C=O) groups excluding carboxylic acids is 2. The molecule has 1 aliphatic rings. The van der Waals surface area contributed by atoms with E-state index in [2.05, 4.69) is 20.5 Å². The van der Waals surface area contributed by atoms with Crippen molar-refractivity contribution >= 4 is 34.3 Å². The number of alkyl halides is 3. The Morgan fingerprint density at radius 3 is 2.41 bits per heavy atom. The van der Waals surface area contributed by atoms with Crippen LogP contribution in [0.3, 0.4) is 0 Å². The first-order chi connectivity index (χ1) is 16.2. The fourth-order valence-corrected chi connectivity index (χ4v) is 4.03. The summed E-state index contributed by atoms with van der Waals surface area (Å²) in [6.07, 6.45) is -3.73. The van der Waals surface area contributed by atoms with Crippen molar-refractivity contribution < 1.29 is 27.5 Å². The Labute approximate surface area is 196 Å². The monoisotopic (exact) mass is 492 g/mol. The second-order valence-corrected chi connectivity index (χ2v) is 8.58. The Morgan fingerprint density at radius 2 is 1.79 bits per heavy atom. The SMILES string of the molecule is Cc1cnc(NC(=O)Oc2ccc(N3CCN(C(=O)c4ccccc4C(F)(F)F)CC3)nn2)s1. The van der Waals surface area contributed by atoms with E-state index in [1.165, 1.54) is 40.5 Å². The molecule has 0 atom stereocenters. The molecule has 0 aliphatic carbocycles. The largest absolute Gasteiger partial charge is 0.420 e. The van der Waals surface area contributed by atoms with Gasteiger partial charge >= 0.3 is 12.3 Å². The molecule has 1 aromatic carbocycles. The first-order valence-corrected chi connectivity index (χ1v) is 11.0. The number of hydrogen-bond donors (Lipinski definition) is 1. The topological polar surface area (TPSA) is 101 Å². The van der Waals surface area contributed by atoms with Gasteiger partial charge in [0, 0.05) is 43.3 Å². The first kappa shape index (κ1) is 23.4. The molecule has 2 amide bonds. The quantitative estimate of drug-likeness (QED) is 0.591. The summed E-state index contributed by atoms with van der Waals surface area (Å²) < 4.78 is 44.8. The highest BCUT2D eigenvalue weighted by atomic mass is 32.1. The summed E-state index contributed by atoms with van der Waals surface area (Å²) in [6.45, 7) is 3.02. The predicted molar refractivity (Wildman–Crippen MR) is 118 cm³/mol. The molecule has 1 fully saturated rings. The molecule has 4 rings (SSSR count). The minimum Gasteiger partial charge on any atom is -0.389 e. The number of ether oxygens (including phenoxy) is 1. The number of benzene rings is 1. The van der Waals surface area contributed by atoms with Crippen molar-refractivity contribution in [1.82, 2.24) is 20.1 Å². The lowest BCUT2D eigenvalue weighted by Gasteiger charge is -2.35. The van der Waals surface area contributed by atoms with Crippen molar-refractivity contribution in [2.75, 3.05) is 36.4 Å². The molecule has 0 bridgehead atoms. The van der Waals surface area contributed by atoms with Gasteiger partial charge in [0.05, 0.1) is 11.1 Å². The fraction of sp³-hybridized carbons (Fsp3) is 0.286. The number of aryl methyl sites for hydroxylation is 1. The molecule has 34 heavy (non-hydrogen) atoms. The number of rotatable bonds is 4. The van der Waals surface area contributed by atoms with Crippen LogP contribution in [-0.2, 0) is 6.18 Å². The third-order valence-electron chi connectivity index (χ3n) is 5.01. The lowest BCUT2D eigenvalue weighted by molar-refractivity contribution is -0.138. The van der Waals surface area contributed by atoms with Crippen LogP contribution in [0.1, 0.15) is 20.8 Å². The number of carbonyl (C=O) groups is 2. The van der Waals surface area contributed by atoms with Gasteiger partial charge in [-0.3, -0.25) is 10.1 Å². The number of nitrogens with one attached hydrogen (secondary N) is 1. The Hall–Kier alpha value is -3.74. The normalized spacial score (nSPS) is 14.1. The standard InChI is InChI=1S/C21H19F3N6O3S/c1-13-12-25-19(34-13)26-20(32)33-17-7-6-16(27-28-17)29-8-10-30(11-9-29)18(31)14-4-2-3-5-15(14)21(22,23)24/h2-7,12H,8-11H2,1H3,(H,25,26,32). The maximum Gasteiger partial charge on any atom is 0.420 e. The molecule has 9 nitrogen and oxygen atoms in total. The fourth-order valence-electron chi connectivity index (χ4n) is 3.38. The number of hydrogen-bond acceptors (Lipinski definition) is 8. The van der Waals surface area contributed by atoms with Gasteiger partial charge in [-0.2, -0.15) is 13.2 Å². The minimum atomic E-state index is -4.61. The first-order valence-electron chi connectivity index (χ1n) is 10.2. The summed E-state index contributed by atoms with van der Waals surface area (Å²) in [7, 11) is 0. The zero-order valence-electron chi connectivity index (χ0n) is 17.9. The van der Waals surface area contributed by atoms with E-state index < -0.39 is 23.7 Å². The van der Waals surface area contributed by atoms with Crippen LogP contribution in [0.4, 0.5) is 28.9 Å². The molecule has 178 valence electrons. The summed E-state index contributed by atoms with van der Waals surface area (Å²) in [4.78, 5) is 32.8. The number of halogens is 3. The second-order valence-electron chi connectivity index (χ2n) is 7.34. The summed E-state index contributed by atoms with van der Waals surface area (Å²) in [6, 6.07) is 7.85. The molecular formula is C21H19F3N6O3S. The Bertz CT molecular complexity index is 1180. The van der Waals surface area contributed by atoms with Crippen LogP contribution in [0.5, 0.6) is 5.88 Å². The second kappa shape index (κ2) is 9.63. The third-order valence-corrected chi connectivity index (χ3v) is 5.84. The number of anilines is 2. The van der Waals surface area contributed by atoms with E-state index >= 15 is 0 Å². The number of aromatic nitrogens is 3. The van der Waals surface area contributed by atoms with Gasteiger partial charge in [-0.15, -0.1) is 21.5 Å². The van der Waals surface area contributed by atoms with Gasteiger partial charge in [0.15, 0.2) is 10.9 Å². The van der Waals surface area contributed by atoms with E-state index in [0.29, 0.717) is 24.0 Å². The Morgan fingerprint density at radius 1 is 1.06 bits per heavy atom. The molecule has 13 heteroatoms. The van der Waals surface area contributed by atoms with E-state index in [4.69, 9.17) is 4.74 Å². The molecule has 1 aliphatic heterocycles. The smallest absolute Gasteiger partial charge is 0.389 e. The van der Waals surface area contributed by atoms with E-state index in [1.807, 2.05) is 11.8 Å². The Balaban J connectivity index is 1.33. The maximum absolute atomic E-state index is 13.2. The molecule has 1 saturated heterocycles. The maximum atomic E-state index is 13.2. The molecule has 0 saturated carbocycles. The average Bonchev–Trinajstić information content (AvgIpc) is 3.23. The van der Waals surface area contributed by atoms with Crippen molar-refractivity contribution in [3.63, 3.8) is 0 Å². The third kappa shape index (κ3) is 5.42. The van der Waals surface area contributed by atoms with Gasteiger partial charge < -0.3 is 14.5 Å². The summed E-state index contributed by atoms with van der Waals surface area (Å²) in [5.74, 6) is -0.179. The van der Waals surface area contributed by atoms with Crippen LogP contribution in [0.15, 0.2) is 42.6 Å². The number of nitrogens with zero attached hydrogens (tertiary/aromatic N) is 5. The molecule has 0 unspecified atom stereocenters. The van der Waals surface area contributed by atoms with Crippen molar-refractivity contribution in [1.29, 1.82) is 0 Å². The van der Waals surface area contributed by atoms with E-state index in [0.717, 1.165) is 10.9 Å². The van der Waals surface area contributed by atoms with Crippen LogP contribution in [-0.4, -0.2) is 58.3 Å². The highest BCUT2D eigenvalue weighted by molar-refractivity contribution is 7.15.